The van der Waals surface area contributed by atoms with Gasteiger partial charge in [-0.1, -0.05) is 6.07 Å². The Balaban J connectivity index is 1.39. The van der Waals surface area contributed by atoms with E-state index in [4.69, 9.17) is 9.47 Å². The first-order valence-electron chi connectivity index (χ1n) is 8.61. The highest BCUT2D eigenvalue weighted by molar-refractivity contribution is 7.09. The maximum atomic E-state index is 11.9. The number of carbonyl (C=O) groups is 2. The van der Waals surface area contributed by atoms with Gasteiger partial charge in [0, 0.05) is 29.3 Å². The van der Waals surface area contributed by atoms with Crippen LogP contribution in [0.4, 0.5) is 11.4 Å². The highest BCUT2D eigenvalue weighted by Crippen LogP contribution is 2.19. The van der Waals surface area contributed by atoms with Gasteiger partial charge in [0.2, 0.25) is 0 Å². The van der Waals surface area contributed by atoms with Crippen LogP contribution in [-0.4, -0.2) is 44.8 Å². The number of rotatable bonds is 7. The summed E-state index contributed by atoms with van der Waals surface area (Å²) >= 11 is 1.60. The van der Waals surface area contributed by atoms with Crippen molar-refractivity contribution in [3.8, 4) is 0 Å². The molecular formula is C19H22N2O4S. The molecule has 1 aliphatic heterocycles. The van der Waals surface area contributed by atoms with E-state index in [1.807, 2.05) is 41.8 Å². The molecule has 0 aliphatic carbocycles. The number of morpholine rings is 1. The van der Waals surface area contributed by atoms with Gasteiger partial charge in [-0.2, -0.15) is 0 Å². The molecule has 138 valence electrons. The van der Waals surface area contributed by atoms with E-state index in [2.05, 4.69) is 10.2 Å². The van der Waals surface area contributed by atoms with Gasteiger partial charge in [0.05, 0.1) is 19.6 Å². The summed E-state index contributed by atoms with van der Waals surface area (Å²) < 4.78 is 10.4. The summed E-state index contributed by atoms with van der Waals surface area (Å²) in [7, 11) is 0. The lowest BCUT2D eigenvalue weighted by Gasteiger charge is -2.28. The number of carbonyl (C=O) groups excluding carboxylic acids is 2. The lowest BCUT2D eigenvalue weighted by Crippen LogP contribution is -2.36. The van der Waals surface area contributed by atoms with Crippen LogP contribution in [0.1, 0.15) is 11.3 Å². The maximum Gasteiger partial charge on any atom is 0.306 e. The standard InChI is InChI=1S/C19H22N2O4S/c22-18(14-25-19(23)8-7-17-2-1-13-26-17)20-15-3-5-16(6-4-15)21-9-11-24-12-10-21/h1-6,13H,7-12,14H2,(H,20,22). The molecule has 0 atom stereocenters. The summed E-state index contributed by atoms with van der Waals surface area (Å²) in [6, 6.07) is 11.6. The van der Waals surface area contributed by atoms with E-state index in [1.165, 1.54) is 0 Å². The first-order chi connectivity index (χ1) is 12.7. The molecule has 0 unspecified atom stereocenters. The minimum Gasteiger partial charge on any atom is -0.456 e. The smallest absolute Gasteiger partial charge is 0.306 e. The van der Waals surface area contributed by atoms with Crippen LogP contribution in [0.2, 0.25) is 0 Å². The molecule has 26 heavy (non-hydrogen) atoms. The zero-order valence-electron chi connectivity index (χ0n) is 14.5. The Morgan fingerprint density at radius 3 is 2.62 bits per heavy atom. The van der Waals surface area contributed by atoms with Crippen molar-refractivity contribution in [3.63, 3.8) is 0 Å². The largest absolute Gasteiger partial charge is 0.456 e. The molecule has 0 spiro atoms. The second-order valence-electron chi connectivity index (χ2n) is 5.93. The predicted octanol–water partition coefficient (Wildman–Crippen LogP) is 2.70. The second kappa shape index (κ2) is 9.35. The van der Waals surface area contributed by atoms with Gasteiger partial charge in [0.1, 0.15) is 0 Å². The fourth-order valence-corrected chi connectivity index (χ4v) is 3.38. The van der Waals surface area contributed by atoms with Crippen LogP contribution in [-0.2, 0) is 25.5 Å². The van der Waals surface area contributed by atoms with Crippen LogP contribution in [0.15, 0.2) is 41.8 Å². The van der Waals surface area contributed by atoms with Gasteiger partial charge >= 0.3 is 5.97 Å². The van der Waals surface area contributed by atoms with Crippen molar-refractivity contribution >= 4 is 34.6 Å². The van der Waals surface area contributed by atoms with Crippen LogP contribution in [0.25, 0.3) is 0 Å². The molecule has 3 rings (SSSR count). The Hall–Kier alpha value is -2.38. The molecule has 1 fully saturated rings. The lowest BCUT2D eigenvalue weighted by atomic mass is 10.2. The summed E-state index contributed by atoms with van der Waals surface area (Å²) in [6.45, 7) is 2.93. The van der Waals surface area contributed by atoms with E-state index >= 15 is 0 Å². The van der Waals surface area contributed by atoms with Crippen molar-refractivity contribution in [2.75, 3.05) is 43.1 Å². The molecule has 1 saturated heterocycles. The molecule has 6 nitrogen and oxygen atoms in total. The summed E-state index contributed by atoms with van der Waals surface area (Å²) in [5.74, 6) is -0.704. The number of aryl methyl sites for hydroxylation is 1. The topological polar surface area (TPSA) is 67.9 Å². The number of benzene rings is 1. The van der Waals surface area contributed by atoms with E-state index in [0.717, 1.165) is 36.9 Å². The highest BCUT2D eigenvalue weighted by atomic mass is 32.1. The number of thiophene rings is 1. The van der Waals surface area contributed by atoms with E-state index in [1.54, 1.807) is 11.3 Å². The van der Waals surface area contributed by atoms with Crippen LogP contribution >= 0.6 is 11.3 Å². The molecule has 2 aromatic rings. The van der Waals surface area contributed by atoms with Gasteiger partial charge in [-0.15, -0.1) is 11.3 Å². The predicted molar refractivity (Wildman–Crippen MR) is 102 cm³/mol. The van der Waals surface area contributed by atoms with Crippen molar-refractivity contribution in [1.29, 1.82) is 0 Å². The van der Waals surface area contributed by atoms with E-state index in [-0.39, 0.29) is 24.9 Å². The quantitative estimate of drug-likeness (QED) is 0.755. The zero-order chi connectivity index (χ0) is 18.2. The molecule has 2 heterocycles. The third kappa shape index (κ3) is 5.57. The fraction of sp³-hybridized carbons (Fsp3) is 0.368. The van der Waals surface area contributed by atoms with E-state index < -0.39 is 0 Å². The van der Waals surface area contributed by atoms with Crippen molar-refractivity contribution in [3.05, 3.63) is 46.7 Å². The Bertz CT molecular complexity index is 710. The molecule has 1 aromatic heterocycles. The number of nitrogens with one attached hydrogen (secondary N) is 1. The van der Waals surface area contributed by atoms with Crippen LogP contribution in [0.5, 0.6) is 0 Å². The first-order valence-corrected chi connectivity index (χ1v) is 9.49. The number of esters is 1. The average molecular weight is 374 g/mol. The second-order valence-corrected chi connectivity index (χ2v) is 6.97. The zero-order valence-corrected chi connectivity index (χ0v) is 15.3. The number of anilines is 2. The number of hydrogen-bond donors (Lipinski definition) is 1. The van der Waals surface area contributed by atoms with Gasteiger partial charge in [0.25, 0.3) is 5.91 Å². The normalized spacial score (nSPS) is 14.1. The molecule has 1 N–H and O–H groups in total. The van der Waals surface area contributed by atoms with Crippen LogP contribution < -0.4 is 10.2 Å². The summed E-state index contributed by atoms with van der Waals surface area (Å²) in [5.41, 5.74) is 1.79. The van der Waals surface area contributed by atoms with Gasteiger partial charge in [-0.05, 0) is 42.1 Å². The van der Waals surface area contributed by atoms with Gasteiger partial charge in [-0.25, -0.2) is 0 Å². The van der Waals surface area contributed by atoms with Crippen molar-refractivity contribution < 1.29 is 19.1 Å². The van der Waals surface area contributed by atoms with E-state index in [0.29, 0.717) is 12.1 Å². The monoisotopic (exact) mass is 374 g/mol. The average Bonchev–Trinajstić information content (AvgIpc) is 3.20. The molecular weight excluding hydrogens is 352 g/mol. The molecule has 0 bridgehead atoms. The number of amides is 1. The number of nitrogens with zero attached hydrogens (tertiary/aromatic N) is 1. The van der Waals surface area contributed by atoms with Gasteiger partial charge in [-0.3, -0.25) is 9.59 Å². The molecule has 1 aromatic carbocycles. The molecule has 7 heteroatoms. The maximum absolute atomic E-state index is 11.9. The molecule has 0 radical (unpaired) electrons. The number of ether oxygens (including phenoxy) is 2. The van der Waals surface area contributed by atoms with Gasteiger partial charge < -0.3 is 19.7 Å². The Labute approximate surface area is 156 Å². The van der Waals surface area contributed by atoms with Crippen molar-refractivity contribution in [1.82, 2.24) is 0 Å². The number of hydrogen-bond acceptors (Lipinski definition) is 6. The lowest BCUT2D eigenvalue weighted by molar-refractivity contribution is -0.147. The SMILES string of the molecule is O=C(COC(=O)CCc1cccs1)Nc1ccc(N2CCOCC2)cc1. The van der Waals surface area contributed by atoms with E-state index in [9.17, 15) is 9.59 Å². The van der Waals surface area contributed by atoms with Crippen LogP contribution in [0, 0.1) is 0 Å². The molecule has 1 amide bonds. The fourth-order valence-electron chi connectivity index (χ4n) is 2.67. The Morgan fingerprint density at radius 2 is 1.92 bits per heavy atom. The Kier molecular flexibility index (Phi) is 6.62. The Morgan fingerprint density at radius 1 is 1.15 bits per heavy atom. The summed E-state index contributed by atoms with van der Waals surface area (Å²) in [5, 5.41) is 4.71. The molecule has 0 saturated carbocycles. The first kappa shape index (κ1) is 18.4. The van der Waals surface area contributed by atoms with Crippen molar-refractivity contribution in [2.24, 2.45) is 0 Å². The molecule has 1 aliphatic rings. The van der Waals surface area contributed by atoms with Crippen LogP contribution in [0.3, 0.4) is 0 Å². The summed E-state index contributed by atoms with van der Waals surface area (Å²) in [6.07, 6.45) is 0.920. The van der Waals surface area contributed by atoms with Gasteiger partial charge in [0.15, 0.2) is 6.61 Å². The summed E-state index contributed by atoms with van der Waals surface area (Å²) in [4.78, 5) is 27.0. The minimum atomic E-state index is -0.365. The third-order valence-electron chi connectivity index (χ3n) is 4.05. The minimum absolute atomic E-state index is 0.269. The highest BCUT2D eigenvalue weighted by Gasteiger charge is 2.12. The third-order valence-corrected chi connectivity index (χ3v) is 4.98. The van der Waals surface area contributed by atoms with Crippen molar-refractivity contribution in [2.45, 2.75) is 12.8 Å².